The van der Waals surface area contributed by atoms with Crippen molar-refractivity contribution < 1.29 is 9.00 Å². The number of amides is 1. The lowest BCUT2D eigenvalue weighted by Crippen LogP contribution is -2.45. The third kappa shape index (κ3) is 4.07. The SMILES string of the molecule is CC(CCS(C)=O)NC(=O)C1CCc2ccccc2N1. The number of nitrogens with one attached hydrogen (secondary N) is 2. The van der Waals surface area contributed by atoms with Gasteiger partial charge < -0.3 is 10.6 Å². The molecule has 0 fully saturated rings. The first kappa shape index (κ1) is 15.0. The standard InChI is InChI=1S/C15H22N2O2S/c1-11(9-10-20(2)19)16-15(18)14-8-7-12-5-3-4-6-13(12)17-14/h3-6,11,14,17H,7-10H2,1-2H3,(H,16,18). The first-order valence-electron chi connectivity index (χ1n) is 7.01. The number of rotatable bonds is 5. The molecule has 0 radical (unpaired) electrons. The molecule has 0 spiro atoms. The molecule has 1 amide bonds. The van der Waals surface area contributed by atoms with Gasteiger partial charge in [0, 0.05) is 34.5 Å². The molecule has 1 heterocycles. The van der Waals surface area contributed by atoms with Gasteiger partial charge in [-0.15, -0.1) is 0 Å². The van der Waals surface area contributed by atoms with Gasteiger partial charge in [0.25, 0.3) is 0 Å². The Morgan fingerprint density at radius 3 is 3.00 bits per heavy atom. The van der Waals surface area contributed by atoms with E-state index in [1.165, 1.54) is 5.56 Å². The lowest BCUT2D eigenvalue weighted by Gasteiger charge is -2.27. The molecule has 0 saturated carbocycles. The van der Waals surface area contributed by atoms with Gasteiger partial charge in [-0.25, -0.2) is 0 Å². The van der Waals surface area contributed by atoms with Gasteiger partial charge in [0.2, 0.25) is 5.91 Å². The summed E-state index contributed by atoms with van der Waals surface area (Å²) in [5.41, 5.74) is 2.33. The minimum absolute atomic E-state index is 0.0360. The average molecular weight is 294 g/mol. The van der Waals surface area contributed by atoms with Crippen molar-refractivity contribution in [1.82, 2.24) is 5.32 Å². The zero-order valence-corrected chi connectivity index (χ0v) is 12.8. The fourth-order valence-electron chi connectivity index (χ4n) is 2.39. The molecule has 1 aromatic carbocycles. The molecular weight excluding hydrogens is 272 g/mol. The van der Waals surface area contributed by atoms with Crippen LogP contribution in [0.5, 0.6) is 0 Å². The fraction of sp³-hybridized carbons (Fsp3) is 0.533. The van der Waals surface area contributed by atoms with Crippen LogP contribution < -0.4 is 10.6 Å². The van der Waals surface area contributed by atoms with Gasteiger partial charge in [0.15, 0.2) is 0 Å². The second-order valence-corrected chi connectivity index (χ2v) is 6.92. The quantitative estimate of drug-likeness (QED) is 0.869. The van der Waals surface area contributed by atoms with Crippen molar-refractivity contribution >= 4 is 22.4 Å². The second kappa shape index (κ2) is 6.88. The molecule has 0 bridgehead atoms. The number of carbonyl (C=O) groups excluding carboxylic acids is 1. The first-order valence-corrected chi connectivity index (χ1v) is 8.74. The Bertz CT molecular complexity index is 504. The predicted octanol–water partition coefficient (Wildman–Crippen LogP) is 1.69. The van der Waals surface area contributed by atoms with Gasteiger partial charge in [-0.2, -0.15) is 0 Å². The summed E-state index contributed by atoms with van der Waals surface area (Å²) in [5.74, 6) is 0.663. The summed E-state index contributed by atoms with van der Waals surface area (Å²) in [5, 5.41) is 6.29. The number of carbonyl (C=O) groups is 1. The summed E-state index contributed by atoms with van der Waals surface area (Å²) in [6.07, 6.45) is 4.18. The van der Waals surface area contributed by atoms with Crippen molar-refractivity contribution in [2.75, 3.05) is 17.3 Å². The minimum atomic E-state index is -0.802. The molecule has 1 aromatic rings. The number of fused-ring (bicyclic) bond motifs is 1. The van der Waals surface area contributed by atoms with Crippen LogP contribution in [0, 0.1) is 0 Å². The van der Waals surface area contributed by atoms with Crippen LogP contribution in [0.15, 0.2) is 24.3 Å². The van der Waals surface area contributed by atoms with E-state index in [1.807, 2.05) is 25.1 Å². The highest BCUT2D eigenvalue weighted by molar-refractivity contribution is 7.84. The molecule has 0 aromatic heterocycles. The van der Waals surface area contributed by atoms with Crippen LogP contribution in [0.25, 0.3) is 0 Å². The zero-order valence-electron chi connectivity index (χ0n) is 12.0. The van der Waals surface area contributed by atoms with Crippen molar-refractivity contribution in [2.45, 2.75) is 38.3 Å². The Morgan fingerprint density at radius 1 is 1.50 bits per heavy atom. The Balaban J connectivity index is 1.87. The fourth-order valence-corrected chi connectivity index (χ4v) is 3.08. The van der Waals surface area contributed by atoms with E-state index in [0.29, 0.717) is 5.75 Å². The Labute approximate surface area is 122 Å². The number of hydrogen-bond acceptors (Lipinski definition) is 3. The van der Waals surface area contributed by atoms with Crippen molar-refractivity contribution in [2.24, 2.45) is 0 Å². The van der Waals surface area contributed by atoms with E-state index in [1.54, 1.807) is 6.26 Å². The third-order valence-electron chi connectivity index (χ3n) is 3.59. The van der Waals surface area contributed by atoms with E-state index < -0.39 is 10.8 Å². The molecule has 0 saturated heterocycles. The van der Waals surface area contributed by atoms with Gasteiger partial charge in [-0.05, 0) is 37.8 Å². The molecule has 2 rings (SSSR count). The predicted molar refractivity (Wildman–Crippen MR) is 83.3 cm³/mol. The van der Waals surface area contributed by atoms with Crippen LogP contribution in [0.1, 0.15) is 25.3 Å². The monoisotopic (exact) mass is 294 g/mol. The second-order valence-electron chi connectivity index (χ2n) is 5.37. The highest BCUT2D eigenvalue weighted by atomic mass is 32.2. The number of para-hydroxylation sites is 1. The van der Waals surface area contributed by atoms with Crippen molar-refractivity contribution in [1.29, 1.82) is 0 Å². The van der Waals surface area contributed by atoms with Gasteiger partial charge in [-0.3, -0.25) is 9.00 Å². The summed E-state index contributed by atoms with van der Waals surface area (Å²) < 4.78 is 11.1. The molecule has 0 aliphatic carbocycles. The average Bonchev–Trinajstić information content (AvgIpc) is 2.44. The summed E-state index contributed by atoms with van der Waals surface area (Å²) >= 11 is 0. The molecule has 5 heteroatoms. The maximum atomic E-state index is 12.2. The van der Waals surface area contributed by atoms with E-state index in [0.717, 1.165) is 24.9 Å². The number of aryl methyl sites for hydroxylation is 1. The maximum Gasteiger partial charge on any atom is 0.242 e. The summed E-state index contributed by atoms with van der Waals surface area (Å²) in [6, 6.07) is 8.00. The topological polar surface area (TPSA) is 58.2 Å². The van der Waals surface area contributed by atoms with Crippen LogP contribution in [0.4, 0.5) is 5.69 Å². The molecule has 2 N–H and O–H groups in total. The van der Waals surface area contributed by atoms with Crippen molar-refractivity contribution in [3.8, 4) is 0 Å². The molecule has 20 heavy (non-hydrogen) atoms. The van der Waals surface area contributed by atoms with Crippen molar-refractivity contribution in [3.05, 3.63) is 29.8 Å². The van der Waals surface area contributed by atoms with Gasteiger partial charge in [0.1, 0.15) is 6.04 Å². The molecule has 3 unspecified atom stereocenters. The van der Waals surface area contributed by atoms with Crippen LogP contribution >= 0.6 is 0 Å². The minimum Gasteiger partial charge on any atom is -0.373 e. The smallest absolute Gasteiger partial charge is 0.242 e. The Morgan fingerprint density at radius 2 is 2.25 bits per heavy atom. The number of anilines is 1. The van der Waals surface area contributed by atoms with E-state index in [-0.39, 0.29) is 18.0 Å². The molecule has 1 aliphatic heterocycles. The molecular formula is C15H22N2O2S. The van der Waals surface area contributed by atoms with Gasteiger partial charge in [-0.1, -0.05) is 18.2 Å². The van der Waals surface area contributed by atoms with Crippen LogP contribution in [0.2, 0.25) is 0 Å². The normalized spacial score (nSPS) is 20.4. The van der Waals surface area contributed by atoms with E-state index in [2.05, 4.69) is 16.7 Å². The lowest BCUT2D eigenvalue weighted by atomic mass is 9.97. The number of hydrogen-bond donors (Lipinski definition) is 2. The molecule has 1 aliphatic rings. The summed E-state index contributed by atoms with van der Waals surface area (Å²) in [6.45, 7) is 1.96. The van der Waals surface area contributed by atoms with Crippen LogP contribution in [-0.4, -0.2) is 34.2 Å². The maximum absolute atomic E-state index is 12.2. The third-order valence-corrected chi connectivity index (χ3v) is 4.40. The Hall–Kier alpha value is -1.36. The van der Waals surface area contributed by atoms with Gasteiger partial charge >= 0.3 is 0 Å². The van der Waals surface area contributed by atoms with E-state index in [9.17, 15) is 9.00 Å². The molecule has 110 valence electrons. The number of benzene rings is 1. The van der Waals surface area contributed by atoms with Crippen LogP contribution in [0.3, 0.4) is 0 Å². The van der Waals surface area contributed by atoms with E-state index in [4.69, 9.17) is 0 Å². The van der Waals surface area contributed by atoms with E-state index >= 15 is 0 Å². The first-order chi connectivity index (χ1) is 9.56. The molecule has 4 nitrogen and oxygen atoms in total. The zero-order chi connectivity index (χ0) is 14.5. The highest BCUT2D eigenvalue weighted by Gasteiger charge is 2.24. The molecule has 3 atom stereocenters. The summed E-state index contributed by atoms with van der Waals surface area (Å²) in [7, 11) is -0.802. The van der Waals surface area contributed by atoms with Crippen LogP contribution in [-0.2, 0) is 22.0 Å². The Kier molecular flexibility index (Phi) is 5.17. The summed E-state index contributed by atoms with van der Waals surface area (Å²) in [4.78, 5) is 12.2. The van der Waals surface area contributed by atoms with Gasteiger partial charge in [0.05, 0.1) is 0 Å². The largest absolute Gasteiger partial charge is 0.373 e. The highest BCUT2D eigenvalue weighted by Crippen LogP contribution is 2.24. The van der Waals surface area contributed by atoms with Crippen molar-refractivity contribution in [3.63, 3.8) is 0 Å². The lowest BCUT2D eigenvalue weighted by molar-refractivity contribution is -0.122.